The van der Waals surface area contributed by atoms with Crippen molar-refractivity contribution in [3.8, 4) is 22.6 Å². The van der Waals surface area contributed by atoms with Crippen LogP contribution in [0.2, 0.25) is 25.2 Å². The lowest BCUT2D eigenvalue weighted by Gasteiger charge is -2.27. The molecule has 272 valence electrons. The van der Waals surface area contributed by atoms with E-state index in [1.54, 1.807) is 30.3 Å². The Morgan fingerprint density at radius 3 is 2.10 bits per heavy atom. The highest BCUT2D eigenvalue weighted by atomic mass is 28.3. The van der Waals surface area contributed by atoms with E-state index in [1.165, 1.54) is 24.9 Å². The van der Waals surface area contributed by atoms with Crippen LogP contribution in [0.25, 0.3) is 11.1 Å². The van der Waals surface area contributed by atoms with Gasteiger partial charge in [0.15, 0.2) is 6.10 Å². The van der Waals surface area contributed by atoms with Gasteiger partial charge in [-0.15, -0.1) is 0 Å². The molecular formula is C41H53F3O5Si. The minimum absolute atomic E-state index is 0.211. The predicted molar refractivity (Wildman–Crippen MR) is 196 cm³/mol. The van der Waals surface area contributed by atoms with Crippen LogP contribution in [0.4, 0.5) is 13.2 Å². The number of benzene rings is 3. The summed E-state index contributed by atoms with van der Waals surface area (Å²) in [5.74, 6) is -0.699. The zero-order chi connectivity index (χ0) is 36.1. The molecule has 1 unspecified atom stereocenters. The van der Waals surface area contributed by atoms with Crippen LogP contribution >= 0.6 is 0 Å². The molecule has 0 bridgehead atoms. The van der Waals surface area contributed by atoms with Gasteiger partial charge in [0.1, 0.15) is 11.5 Å². The van der Waals surface area contributed by atoms with E-state index in [-0.39, 0.29) is 12.8 Å². The summed E-state index contributed by atoms with van der Waals surface area (Å²) in [6.07, 6.45) is 0.752. The predicted octanol–water partition coefficient (Wildman–Crippen LogP) is 11.4. The number of rotatable bonds is 18. The molecule has 9 heteroatoms. The van der Waals surface area contributed by atoms with Crippen LogP contribution in [0.5, 0.6) is 11.5 Å². The topological polar surface area (TPSA) is 61.8 Å². The van der Waals surface area contributed by atoms with E-state index in [0.29, 0.717) is 37.0 Å². The van der Waals surface area contributed by atoms with Crippen molar-refractivity contribution in [1.29, 1.82) is 0 Å². The molecule has 5 nitrogen and oxygen atoms in total. The Balaban J connectivity index is 1.26. The van der Waals surface area contributed by atoms with Crippen molar-refractivity contribution in [2.45, 2.75) is 122 Å². The summed E-state index contributed by atoms with van der Waals surface area (Å²) in [6, 6.07) is 23.1. The average Bonchev–Trinajstić information content (AvgIpc) is 3.10. The van der Waals surface area contributed by atoms with Crippen LogP contribution in [-0.4, -0.2) is 38.9 Å². The van der Waals surface area contributed by atoms with E-state index in [4.69, 9.17) is 14.2 Å². The van der Waals surface area contributed by atoms with Gasteiger partial charge in [0.25, 0.3) is 0 Å². The van der Waals surface area contributed by atoms with Crippen molar-refractivity contribution in [3.05, 3.63) is 83.4 Å². The van der Waals surface area contributed by atoms with Crippen LogP contribution in [0.3, 0.4) is 0 Å². The number of hydrogen-bond acceptors (Lipinski definition) is 5. The molecule has 0 heterocycles. The summed E-state index contributed by atoms with van der Waals surface area (Å²) < 4.78 is 57.3. The van der Waals surface area contributed by atoms with Crippen molar-refractivity contribution in [2.75, 3.05) is 6.61 Å². The van der Waals surface area contributed by atoms with Gasteiger partial charge in [0.2, 0.25) is 0 Å². The minimum Gasteiger partial charge on any atom is -0.494 e. The second kappa shape index (κ2) is 18.6. The number of halogens is 3. The number of hydrogen-bond donors (Lipinski definition) is 0. The first-order chi connectivity index (χ1) is 23.9. The van der Waals surface area contributed by atoms with Crippen molar-refractivity contribution < 1.29 is 37.0 Å². The van der Waals surface area contributed by atoms with Crippen molar-refractivity contribution in [3.63, 3.8) is 0 Å². The monoisotopic (exact) mass is 710 g/mol. The van der Waals surface area contributed by atoms with Gasteiger partial charge in [0, 0.05) is 8.07 Å². The summed E-state index contributed by atoms with van der Waals surface area (Å²) in [7, 11) is -1.13. The van der Waals surface area contributed by atoms with Gasteiger partial charge in [0.05, 0.1) is 18.1 Å². The molecule has 2 atom stereocenters. The number of fused-ring (bicyclic) bond motifs is 1. The number of unbranched alkanes of at least 4 members (excludes halogenated alkanes) is 4. The third-order valence-corrected chi connectivity index (χ3v) is 13.1. The van der Waals surface area contributed by atoms with E-state index in [1.807, 2.05) is 43.3 Å². The largest absolute Gasteiger partial charge is 0.494 e. The first-order valence-corrected chi connectivity index (χ1v) is 21.7. The molecule has 0 aliphatic heterocycles. The fraction of sp³-hybridized carbons (Fsp3) is 0.512. The molecule has 0 radical (unpaired) electrons. The molecule has 0 amide bonds. The molecule has 4 rings (SSSR count). The second-order valence-electron chi connectivity index (χ2n) is 14.4. The molecule has 1 aliphatic rings. The molecule has 1 aliphatic carbocycles. The lowest BCUT2D eigenvalue weighted by molar-refractivity contribution is -0.225. The Kier molecular flexibility index (Phi) is 14.6. The van der Waals surface area contributed by atoms with Gasteiger partial charge in [-0.25, -0.2) is 4.79 Å². The fourth-order valence-electron chi connectivity index (χ4n) is 6.51. The zero-order valence-corrected chi connectivity index (χ0v) is 31.1. The maximum absolute atomic E-state index is 13.5. The number of ether oxygens (including phenoxy) is 3. The normalized spacial score (nSPS) is 15.2. The van der Waals surface area contributed by atoms with E-state index in [0.717, 1.165) is 53.9 Å². The van der Waals surface area contributed by atoms with Gasteiger partial charge in [-0.05, 0) is 97.2 Å². The molecule has 0 saturated heterocycles. The molecule has 0 aromatic heterocycles. The lowest BCUT2D eigenvalue weighted by Crippen LogP contribution is -2.37. The first kappa shape index (κ1) is 39.2. The maximum Gasteiger partial charge on any atom is 0.425 e. The summed E-state index contributed by atoms with van der Waals surface area (Å²) in [5, 5.41) is 0. The van der Waals surface area contributed by atoms with E-state index < -0.39 is 38.2 Å². The molecular weight excluding hydrogens is 658 g/mol. The molecule has 0 saturated carbocycles. The fourth-order valence-corrected chi connectivity index (χ4v) is 9.17. The second-order valence-corrected chi connectivity index (χ2v) is 19.7. The number of alkyl halides is 3. The average molecular weight is 711 g/mol. The van der Waals surface area contributed by atoms with Gasteiger partial charge < -0.3 is 14.2 Å². The SMILES string of the molecule is CCCCCC[C@@H](OC(=O)C1CCc2cc(OC(=O)c3ccc(-c4ccc(OCCC[Si](C)(C)CCCC)cc4)cc3)ccc2C1)C(F)(F)F. The number of aryl methyl sites for hydroxylation is 1. The summed E-state index contributed by atoms with van der Waals surface area (Å²) in [4.78, 5) is 25.7. The highest BCUT2D eigenvalue weighted by molar-refractivity contribution is 6.77. The Bertz CT molecular complexity index is 1520. The highest BCUT2D eigenvalue weighted by Crippen LogP contribution is 2.33. The number of carbonyl (C=O) groups is 2. The van der Waals surface area contributed by atoms with Crippen LogP contribution in [0.15, 0.2) is 66.7 Å². The number of carbonyl (C=O) groups excluding carboxylic acids is 2. The third kappa shape index (κ3) is 12.0. The van der Waals surface area contributed by atoms with Crippen molar-refractivity contribution >= 4 is 20.0 Å². The van der Waals surface area contributed by atoms with E-state index in [2.05, 4.69) is 20.0 Å². The smallest absolute Gasteiger partial charge is 0.425 e. The van der Waals surface area contributed by atoms with Gasteiger partial charge in [-0.3, -0.25) is 4.79 Å². The molecule has 50 heavy (non-hydrogen) atoms. The first-order valence-electron chi connectivity index (χ1n) is 18.3. The number of esters is 2. The van der Waals surface area contributed by atoms with Crippen LogP contribution in [0, 0.1) is 5.92 Å². The van der Waals surface area contributed by atoms with E-state index >= 15 is 0 Å². The molecule has 3 aromatic rings. The van der Waals surface area contributed by atoms with Crippen LogP contribution < -0.4 is 9.47 Å². The Morgan fingerprint density at radius 1 is 0.800 bits per heavy atom. The molecule has 0 fully saturated rings. The van der Waals surface area contributed by atoms with Gasteiger partial charge in [-0.2, -0.15) is 13.2 Å². The third-order valence-electron chi connectivity index (χ3n) is 9.68. The minimum atomic E-state index is -4.58. The van der Waals surface area contributed by atoms with Crippen molar-refractivity contribution in [1.82, 2.24) is 0 Å². The van der Waals surface area contributed by atoms with Crippen LogP contribution in [-0.2, 0) is 22.4 Å². The highest BCUT2D eigenvalue weighted by Gasteiger charge is 2.43. The molecule has 3 aromatic carbocycles. The quantitative estimate of drug-likeness (QED) is 0.0569. The van der Waals surface area contributed by atoms with Crippen molar-refractivity contribution in [2.24, 2.45) is 5.92 Å². The summed E-state index contributed by atoms with van der Waals surface area (Å²) >= 11 is 0. The van der Waals surface area contributed by atoms with Gasteiger partial charge >= 0.3 is 18.1 Å². The van der Waals surface area contributed by atoms with Gasteiger partial charge in [-0.1, -0.05) is 101 Å². The molecule has 0 spiro atoms. The standard InChI is InChI=1S/C41H53F3O5Si/c1-5-7-9-10-12-38(41(42,43)44)49-40(46)35-18-17-34-29-37(24-21-33(34)28-35)48-39(45)32-15-13-30(14-16-32)31-19-22-36(23-20-31)47-25-11-27-50(3,4)26-8-6-2/h13-16,19-24,29,35,38H,5-12,17-18,25-28H2,1-4H3/t35?,38-/m1/s1. The Hall–Kier alpha value is -3.59. The van der Waals surface area contributed by atoms with E-state index in [9.17, 15) is 22.8 Å². The Labute approximate surface area is 296 Å². The lowest BCUT2D eigenvalue weighted by atomic mass is 9.84. The molecule has 0 N–H and O–H groups in total. The summed E-state index contributed by atoms with van der Waals surface area (Å²) in [6.45, 7) is 9.90. The summed E-state index contributed by atoms with van der Waals surface area (Å²) in [5.41, 5.74) is 4.15. The zero-order valence-electron chi connectivity index (χ0n) is 30.1. The van der Waals surface area contributed by atoms with Crippen LogP contribution in [0.1, 0.15) is 93.1 Å². The maximum atomic E-state index is 13.5. The Morgan fingerprint density at radius 2 is 1.44 bits per heavy atom.